The summed E-state index contributed by atoms with van der Waals surface area (Å²) in [7, 11) is 0. The molecule has 1 aliphatic heterocycles. The lowest BCUT2D eigenvalue weighted by Crippen LogP contribution is -2.46. The van der Waals surface area contributed by atoms with Gasteiger partial charge in [-0.25, -0.2) is 4.79 Å². The zero-order valence-electron chi connectivity index (χ0n) is 13.1. The predicted molar refractivity (Wildman–Crippen MR) is 87.5 cm³/mol. The topological polar surface area (TPSA) is 56.1 Å². The number of hydrogen-bond donors (Lipinski definition) is 1. The van der Waals surface area contributed by atoms with Gasteiger partial charge in [0.25, 0.3) is 0 Å². The van der Waals surface area contributed by atoms with Crippen LogP contribution in [0.25, 0.3) is 0 Å². The van der Waals surface area contributed by atoms with Crippen LogP contribution in [0, 0.1) is 23.2 Å². The van der Waals surface area contributed by atoms with Crippen molar-refractivity contribution in [3.05, 3.63) is 34.9 Å². The summed E-state index contributed by atoms with van der Waals surface area (Å²) in [6.45, 7) is 5.47. The van der Waals surface area contributed by atoms with Crippen LogP contribution in [0.1, 0.15) is 38.3 Å². The molecule has 1 aliphatic rings. The largest absolute Gasteiger partial charge is 0.331 e. The minimum atomic E-state index is -0.0509. The molecule has 0 radical (unpaired) electrons. The van der Waals surface area contributed by atoms with Crippen LogP contribution in [0.3, 0.4) is 0 Å². The molecule has 0 spiro atoms. The van der Waals surface area contributed by atoms with Gasteiger partial charge in [0.15, 0.2) is 0 Å². The van der Waals surface area contributed by atoms with E-state index in [2.05, 4.69) is 25.2 Å². The third-order valence-electron chi connectivity index (χ3n) is 4.14. The number of likely N-dealkylation sites (tertiary alicyclic amines) is 1. The van der Waals surface area contributed by atoms with Crippen molar-refractivity contribution >= 4 is 17.6 Å². The zero-order chi connectivity index (χ0) is 16.1. The molecule has 4 nitrogen and oxygen atoms in total. The first-order valence-corrected chi connectivity index (χ1v) is 8.09. The summed E-state index contributed by atoms with van der Waals surface area (Å²) in [4.78, 5) is 14.3. The minimum Gasteiger partial charge on any atom is -0.331 e. The summed E-state index contributed by atoms with van der Waals surface area (Å²) in [5.41, 5.74) is 1.06. The Morgan fingerprint density at radius 1 is 1.32 bits per heavy atom. The Hall–Kier alpha value is -1.73. The quantitative estimate of drug-likeness (QED) is 0.916. The predicted octanol–water partition coefficient (Wildman–Crippen LogP) is 3.98. The third kappa shape index (κ3) is 4.14. The molecule has 1 aromatic carbocycles. The second-order valence-electron chi connectivity index (χ2n) is 6.11. The molecule has 0 aromatic heterocycles. The minimum absolute atomic E-state index is 0.0431. The maximum absolute atomic E-state index is 12.5. The van der Waals surface area contributed by atoms with E-state index in [4.69, 9.17) is 16.9 Å². The standard InChI is InChI=1S/C17H22ClN3O/c1-12(2)16(14-3-5-15(18)6-4-14)20-17(22)21-9-7-13(11-19)8-10-21/h3-6,12-13,16H,7-10H2,1-2H3,(H,20,22)/t16-/m0/s1. The molecule has 1 atom stereocenters. The van der Waals surface area contributed by atoms with Crippen LogP contribution in [-0.2, 0) is 0 Å². The van der Waals surface area contributed by atoms with Gasteiger partial charge in [0.05, 0.1) is 12.1 Å². The van der Waals surface area contributed by atoms with Gasteiger partial charge in [0, 0.05) is 24.0 Å². The molecule has 5 heteroatoms. The van der Waals surface area contributed by atoms with Crippen molar-refractivity contribution in [3.63, 3.8) is 0 Å². The van der Waals surface area contributed by atoms with Gasteiger partial charge in [-0.2, -0.15) is 5.26 Å². The number of carbonyl (C=O) groups excluding carboxylic acids is 1. The van der Waals surface area contributed by atoms with Crippen LogP contribution in [-0.4, -0.2) is 24.0 Å². The molecule has 0 aliphatic carbocycles. The number of piperidine rings is 1. The second-order valence-corrected chi connectivity index (χ2v) is 6.55. The van der Waals surface area contributed by atoms with E-state index in [0.717, 1.165) is 18.4 Å². The molecule has 1 saturated heterocycles. The second kappa shape index (κ2) is 7.51. The molecule has 1 N–H and O–H groups in total. The first-order chi connectivity index (χ1) is 10.5. The number of nitrogens with one attached hydrogen (secondary N) is 1. The fraction of sp³-hybridized carbons (Fsp3) is 0.529. The maximum Gasteiger partial charge on any atom is 0.317 e. The van der Waals surface area contributed by atoms with Gasteiger partial charge < -0.3 is 10.2 Å². The van der Waals surface area contributed by atoms with Gasteiger partial charge in [-0.15, -0.1) is 0 Å². The summed E-state index contributed by atoms with van der Waals surface area (Å²) in [6, 6.07) is 9.78. The molecule has 22 heavy (non-hydrogen) atoms. The normalized spacial score (nSPS) is 17.1. The number of hydrogen-bond acceptors (Lipinski definition) is 2. The SMILES string of the molecule is CC(C)[C@H](NC(=O)N1CCC(C#N)CC1)c1ccc(Cl)cc1. The van der Waals surface area contributed by atoms with E-state index in [1.165, 1.54) is 0 Å². The smallest absolute Gasteiger partial charge is 0.317 e. The molecule has 0 unspecified atom stereocenters. The van der Waals surface area contributed by atoms with Crippen LogP contribution < -0.4 is 5.32 Å². The molecule has 2 rings (SSSR count). The molecule has 1 fully saturated rings. The van der Waals surface area contributed by atoms with E-state index in [9.17, 15) is 4.79 Å². The van der Waals surface area contributed by atoms with Crippen LogP contribution in [0.15, 0.2) is 24.3 Å². The van der Waals surface area contributed by atoms with Crippen molar-refractivity contribution in [2.75, 3.05) is 13.1 Å². The third-order valence-corrected chi connectivity index (χ3v) is 4.39. The number of nitriles is 1. The molecule has 1 aromatic rings. The highest BCUT2D eigenvalue weighted by atomic mass is 35.5. The van der Waals surface area contributed by atoms with Gasteiger partial charge in [-0.1, -0.05) is 37.6 Å². The molecule has 2 amide bonds. The Labute approximate surface area is 137 Å². The van der Waals surface area contributed by atoms with Crippen molar-refractivity contribution in [1.29, 1.82) is 5.26 Å². The number of rotatable bonds is 3. The van der Waals surface area contributed by atoms with Crippen molar-refractivity contribution < 1.29 is 4.79 Å². The van der Waals surface area contributed by atoms with Gasteiger partial charge in [-0.3, -0.25) is 0 Å². The maximum atomic E-state index is 12.5. The number of amides is 2. The summed E-state index contributed by atoms with van der Waals surface area (Å²) in [6.07, 6.45) is 1.52. The highest BCUT2D eigenvalue weighted by Gasteiger charge is 2.25. The summed E-state index contributed by atoms with van der Waals surface area (Å²) < 4.78 is 0. The zero-order valence-corrected chi connectivity index (χ0v) is 13.8. The molecule has 0 saturated carbocycles. The molecular formula is C17H22ClN3O. The number of nitrogens with zero attached hydrogens (tertiary/aromatic N) is 2. The first-order valence-electron chi connectivity index (χ1n) is 7.71. The average Bonchev–Trinajstić information content (AvgIpc) is 2.53. The van der Waals surface area contributed by atoms with Gasteiger partial charge in [0.2, 0.25) is 0 Å². The highest BCUT2D eigenvalue weighted by Crippen LogP contribution is 2.24. The van der Waals surface area contributed by atoms with E-state index < -0.39 is 0 Å². The summed E-state index contributed by atoms with van der Waals surface area (Å²) in [5.74, 6) is 0.364. The van der Waals surface area contributed by atoms with E-state index in [-0.39, 0.29) is 23.9 Å². The highest BCUT2D eigenvalue weighted by molar-refractivity contribution is 6.30. The Kier molecular flexibility index (Phi) is 5.68. The number of benzene rings is 1. The lowest BCUT2D eigenvalue weighted by Gasteiger charge is -2.32. The van der Waals surface area contributed by atoms with Crippen molar-refractivity contribution in [3.8, 4) is 6.07 Å². The lowest BCUT2D eigenvalue weighted by molar-refractivity contribution is 0.172. The van der Waals surface area contributed by atoms with E-state index in [1.807, 2.05) is 24.3 Å². The number of carbonyl (C=O) groups is 1. The van der Waals surface area contributed by atoms with Gasteiger partial charge >= 0.3 is 6.03 Å². The average molecular weight is 320 g/mol. The Balaban J connectivity index is 2.01. The molecule has 0 bridgehead atoms. The van der Waals surface area contributed by atoms with Gasteiger partial charge in [0.1, 0.15) is 0 Å². The lowest BCUT2D eigenvalue weighted by atomic mass is 9.96. The number of urea groups is 1. The van der Waals surface area contributed by atoms with E-state index >= 15 is 0 Å². The van der Waals surface area contributed by atoms with Crippen LogP contribution in [0.5, 0.6) is 0 Å². The monoisotopic (exact) mass is 319 g/mol. The molecular weight excluding hydrogens is 298 g/mol. The van der Waals surface area contributed by atoms with Gasteiger partial charge in [-0.05, 0) is 36.5 Å². The van der Waals surface area contributed by atoms with Crippen molar-refractivity contribution in [2.24, 2.45) is 11.8 Å². The summed E-state index contributed by atoms with van der Waals surface area (Å²) in [5, 5.41) is 12.7. The van der Waals surface area contributed by atoms with E-state index in [0.29, 0.717) is 18.1 Å². The van der Waals surface area contributed by atoms with Crippen LogP contribution in [0.2, 0.25) is 5.02 Å². The van der Waals surface area contributed by atoms with Crippen molar-refractivity contribution in [2.45, 2.75) is 32.7 Å². The first kappa shape index (κ1) is 16.6. The number of halogens is 1. The molecule has 118 valence electrons. The van der Waals surface area contributed by atoms with Crippen LogP contribution in [0.4, 0.5) is 4.79 Å². The fourth-order valence-corrected chi connectivity index (χ4v) is 2.87. The van der Waals surface area contributed by atoms with E-state index in [1.54, 1.807) is 4.90 Å². The Morgan fingerprint density at radius 3 is 2.41 bits per heavy atom. The Morgan fingerprint density at radius 2 is 1.91 bits per heavy atom. The Bertz CT molecular complexity index is 542. The van der Waals surface area contributed by atoms with Crippen molar-refractivity contribution in [1.82, 2.24) is 10.2 Å². The summed E-state index contributed by atoms with van der Waals surface area (Å²) >= 11 is 5.93. The van der Waals surface area contributed by atoms with Crippen LogP contribution >= 0.6 is 11.6 Å². The molecule has 1 heterocycles. The fourth-order valence-electron chi connectivity index (χ4n) is 2.74.